The summed E-state index contributed by atoms with van der Waals surface area (Å²) in [6.07, 6.45) is 0. The number of alkyl halides is 1. The summed E-state index contributed by atoms with van der Waals surface area (Å²) in [5.41, 5.74) is 2.46. The highest BCUT2D eigenvalue weighted by Crippen LogP contribution is 2.21. The smallest absolute Gasteiger partial charge is 0.255 e. The Balaban J connectivity index is 2.02. The summed E-state index contributed by atoms with van der Waals surface area (Å²) in [6, 6.07) is 12.7. The van der Waals surface area contributed by atoms with Crippen LogP contribution in [-0.4, -0.2) is 11.0 Å². The molecule has 0 aromatic heterocycles. The first-order valence-corrected chi connectivity index (χ1v) is 7.92. The summed E-state index contributed by atoms with van der Waals surface area (Å²) in [7, 11) is 0. The maximum Gasteiger partial charge on any atom is 0.255 e. The van der Waals surface area contributed by atoms with E-state index in [9.17, 15) is 9.90 Å². The molecule has 3 nitrogen and oxygen atoms in total. The third-order valence-electron chi connectivity index (χ3n) is 2.83. The summed E-state index contributed by atoms with van der Waals surface area (Å²) in [5.74, 6) is -0.325. The van der Waals surface area contributed by atoms with Crippen molar-refractivity contribution in [2.75, 3.05) is 0 Å². The summed E-state index contributed by atoms with van der Waals surface area (Å²) in [4.78, 5) is 12.0. The van der Waals surface area contributed by atoms with Crippen molar-refractivity contribution in [3.8, 4) is 5.75 Å². The first-order chi connectivity index (χ1) is 9.60. The van der Waals surface area contributed by atoms with Gasteiger partial charge in [-0.15, -0.1) is 0 Å². The van der Waals surface area contributed by atoms with E-state index in [0.29, 0.717) is 6.54 Å². The van der Waals surface area contributed by atoms with Crippen molar-refractivity contribution in [1.29, 1.82) is 0 Å². The van der Waals surface area contributed by atoms with E-state index in [1.165, 1.54) is 11.6 Å². The molecule has 0 bridgehead atoms. The normalized spacial score (nSPS) is 10.3. The predicted molar refractivity (Wildman–Crippen MR) is 86.1 cm³/mol. The number of phenols is 1. The molecule has 0 heterocycles. The van der Waals surface area contributed by atoms with Gasteiger partial charge < -0.3 is 10.4 Å². The molecule has 1 amide bonds. The Bertz CT molecular complexity index is 612. The molecule has 5 heteroatoms. The van der Waals surface area contributed by atoms with Gasteiger partial charge in [-0.3, -0.25) is 4.79 Å². The lowest BCUT2D eigenvalue weighted by Crippen LogP contribution is -2.22. The summed E-state index contributed by atoms with van der Waals surface area (Å²) >= 11 is 6.67. The molecule has 2 rings (SSSR count). The molecule has 0 radical (unpaired) electrons. The Hall–Kier alpha value is -1.33. The number of phenolic OH excluding ortho intramolecular Hbond substituents is 1. The molecule has 2 aromatic rings. The largest absolute Gasteiger partial charge is 0.507 e. The Morgan fingerprint density at radius 1 is 1.10 bits per heavy atom. The molecular weight excluding hydrogens is 386 g/mol. The second-order valence-electron chi connectivity index (χ2n) is 4.29. The topological polar surface area (TPSA) is 49.3 Å². The minimum Gasteiger partial charge on any atom is -0.507 e. The van der Waals surface area contributed by atoms with Gasteiger partial charge in [0.25, 0.3) is 5.91 Å². The molecule has 2 aromatic carbocycles. The number of rotatable bonds is 4. The van der Waals surface area contributed by atoms with Gasteiger partial charge >= 0.3 is 0 Å². The molecule has 0 unspecified atom stereocenters. The van der Waals surface area contributed by atoms with Gasteiger partial charge in [-0.25, -0.2) is 0 Å². The van der Waals surface area contributed by atoms with Crippen LogP contribution in [0, 0.1) is 0 Å². The Morgan fingerprint density at radius 2 is 1.75 bits per heavy atom. The predicted octanol–water partition coefficient (Wildman–Crippen LogP) is 3.98. The summed E-state index contributed by atoms with van der Waals surface area (Å²) in [5, 5.41) is 13.3. The zero-order valence-electron chi connectivity index (χ0n) is 10.6. The van der Waals surface area contributed by atoms with Gasteiger partial charge in [0, 0.05) is 16.3 Å². The minimum absolute atomic E-state index is 0.0275. The number of aromatic hydroxyl groups is 1. The number of carbonyl (C=O) groups excluding carboxylic acids is 1. The van der Waals surface area contributed by atoms with Gasteiger partial charge in [0.15, 0.2) is 0 Å². The minimum atomic E-state index is -0.298. The zero-order valence-corrected chi connectivity index (χ0v) is 13.7. The highest BCUT2D eigenvalue weighted by molar-refractivity contribution is 9.10. The van der Waals surface area contributed by atoms with E-state index in [2.05, 4.69) is 37.2 Å². The lowest BCUT2D eigenvalue weighted by molar-refractivity contribution is 0.0948. The van der Waals surface area contributed by atoms with Crippen molar-refractivity contribution in [2.24, 2.45) is 0 Å². The number of hydrogen-bond acceptors (Lipinski definition) is 2. The van der Waals surface area contributed by atoms with Crippen LogP contribution in [0.4, 0.5) is 0 Å². The summed E-state index contributed by atoms with van der Waals surface area (Å²) < 4.78 is 0.752. The SMILES string of the molecule is O=C(NCc1ccc(CBr)cc1)c1cc(Br)ccc1O. The average molecular weight is 399 g/mol. The molecule has 0 aliphatic rings. The highest BCUT2D eigenvalue weighted by Gasteiger charge is 2.11. The number of amides is 1. The second-order valence-corrected chi connectivity index (χ2v) is 5.77. The third-order valence-corrected chi connectivity index (χ3v) is 3.97. The van der Waals surface area contributed by atoms with Crippen LogP contribution in [0.5, 0.6) is 5.75 Å². The van der Waals surface area contributed by atoms with Crippen molar-refractivity contribution in [3.05, 3.63) is 63.6 Å². The summed E-state index contributed by atoms with van der Waals surface area (Å²) in [6.45, 7) is 0.424. The van der Waals surface area contributed by atoms with Gasteiger partial charge in [0.1, 0.15) is 5.75 Å². The van der Waals surface area contributed by atoms with E-state index >= 15 is 0 Å². The van der Waals surface area contributed by atoms with Gasteiger partial charge in [-0.1, -0.05) is 56.1 Å². The maximum absolute atomic E-state index is 12.0. The Kier molecular flexibility index (Phi) is 5.20. The number of nitrogens with one attached hydrogen (secondary N) is 1. The number of benzene rings is 2. The van der Waals surface area contributed by atoms with E-state index in [-0.39, 0.29) is 17.2 Å². The van der Waals surface area contributed by atoms with Crippen LogP contribution in [0.15, 0.2) is 46.9 Å². The van der Waals surface area contributed by atoms with Crippen LogP contribution in [0.2, 0.25) is 0 Å². The molecule has 2 N–H and O–H groups in total. The highest BCUT2D eigenvalue weighted by atomic mass is 79.9. The molecule has 0 atom stereocenters. The number of halogens is 2. The van der Waals surface area contributed by atoms with Crippen LogP contribution < -0.4 is 5.32 Å². The van der Waals surface area contributed by atoms with Crippen molar-refractivity contribution in [1.82, 2.24) is 5.32 Å². The Morgan fingerprint density at radius 3 is 2.40 bits per heavy atom. The van der Waals surface area contributed by atoms with Crippen LogP contribution in [0.1, 0.15) is 21.5 Å². The van der Waals surface area contributed by atoms with Gasteiger partial charge in [0.2, 0.25) is 0 Å². The molecule has 0 aliphatic heterocycles. The lowest BCUT2D eigenvalue weighted by atomic mass is 10.1. The van der Waals surface area contributed by atoms with Gasteiger partial charge in [-0.05, 0) is 29.3 Å². The quantitative estimate of drug-likeness (QED) is 0.765. The number of carbonyl (C=O) groups is 1. The van der Waals surface area contributed by atoms with E-state index in [4.69, 9.17) is 0 Å². The molecule has 0 spiro atoms. The van der Waals surface area contributed by atoms with Crippen LogP contribution in [-0.2, 0) is 11.9 Å². The molecular formula is C15H13Br2NO2. The maximum atomic E-state index is 12.0. The Labute approximate surface area is 134 Å². The first-order valence-electron chi connectivity index (χ1n) is 6.00. The van der Waals surface area contributed by atoms with E-state index in [0.717, 1.165) is 15.4 Å². The van der Waals surface area contributed by atoms with Crippen LogP contribution in [0.25, 0.3) is 0 Å². The van der Waals surface area contributed by atoms with Crippen molar-refractivity contribution in [2.45, 2.75) is 11.9 Å². The fourth-order valence-corrected chi connectivity index (χ4v) is 2.45. The van der Waals surface area contributed by atoms with Crippen molar-refractivity contribution >= 4 is 37.8 Å². The van der Waals surface area contributed by atoms with E-state index in [1.807, 2.05) is 24.3 Å². The van der Waals surface area contributed by atoms with Crippen LogP contribution in [0.3, 0.4) is 0 Å². The number of hydrogen-bond donors (Lipinski definition) is 2. The molecule has 0 saturated heterocycles. The zero-order chi connectivity index (χ0) is 14.5. The molecule has 20 heavy (non-hydrogen) atoms. The van der Waals surface area contributed by atoms with E-state index < -0.39 is 0 Å². The van der Waals surface area contributed by atoms with Gasteiger partial charge in [0.05, 0.1) is 5.56 Å². The third kappa shape index (κ3) is 3.84. The molecule has 0 fully saturated rings. The lowest BCUT2D eigenvalue weighted by Gasteiger charge is -2.08. The van der Waals surface area contributed by atoms with Crippen molar-refractivity contribution in [3.63, 3.8) is 0 Å². The van der Waals surface area contributed by atoms with Crippen LogP contribution >= 0.6 is 31.9 Å². The monoisotopic (exact) mass is 397 g/mol. The fourth-order valence-electron chi connectivity index (χ4n) is 1.71. The molecule has 0 saturated carbocycles. The first kappa shape index (κ1) is 15.1. The average Bonchev–Trinajstić information content (AvgIpc) is 2.47. The fraction of sp³-hybridized carbons (Fsp3) is 0.133. The van der Waals surface area contributed by atoms with Gasteiger partial charge in [-0.2, -0.15) is 0 Å². The van der Waals surface area contributed by atoms with E-state index in [1.54, 1.807) is 12.1 Å². The van der Waals surface area contributed by atoms with Crippen molar-refractivity contribution < 1.29 is 9.90 Å². The molecule has 0 aliphatic carbocycles. The second kappa shape index (κ2) is 6.90. The molecule has 104 valence electrons. The standard InChI is InChI=1S/C15H13Br2NO2/c16-8-10-1-3-11(4-2-10)9-18-15(20)13-7-12(17)5-6-14(13)19/h1-7,19H,8-9H2,(H,18,20).